The van der Waals surface area contributed by atoms with Crippen LogP contribution in [0, 0.1) is 9.39 Å². The van der Waals surface area contributed by atoms with Gasteiger partial charge >= 0.3 is 0 Å². The highest BCUT2D eigenvalue weighted by atomic mass is 127. The van der Waals surface area contributed by atoms with Crippen LogP contribution in [0.15, 0.2) is 46.9 Å². The van der Waals surface area contributed by atoms with Gasteiger partial charge in [0.1, 0.15) is 5.82 Å². The minimum atomic E-state index is -0.379. The predicted molar refractivity (Wildman–Crippen MR) is 82.4 cm³/mol. The Morgan fingerprint density at radius 1 is 1.17 bits per heavy atom. The van der Waals surface area contributed by atoms with Crippen molar-refractivity contribution in [2.45, 2.75) is 6.04 Å². The molecule has 0 saturated carbocycles. The zero-order chi connectivity index (χ0) is 13.1. The van der Waals surface area contributed by atoms with Crippen LogP contribution in [0.25, 0.3) is 0 Å². The quantitative estimate of drug-likeness (QED) is 0.451. The van der Waals surface area contributed by atoms with Gasteiger partial charge in [0.2, 0.25) is 0 Å². The van der Waals surface area contributed by atoms with Gasteiger partial charge in [-0.15, -0.1) is 0 Å². The Morgan fingerprint density at radius 3 is 2.56 bits per heavy atom. The van der Waals surface area contributed by atoms with Crippen molar-refractivity contribution in [2.75, 3.05) is 0 Å². The van der Waals surface area contributed by atoms with E-state index in [1.165, 1.54) is 6.07 Å². The number of benzene rings is 2. The van der Waals surface area contributed by atoms with E-state index in [4.69, 9.17) is 5.84 Å². The van der Waals surface area contributed by atoms with E-state index in [0.717, 1.165) is 13.6 Å². The average Bonchev–Trinajstić information content (AvgIpc) is 2.36. The van der Waals surface area contributed by atoms with E-state index in [0.29, 0.717) is 5.56 Å². The number of hydrogen-bond acceptors (Lipinski definition) is 2. The Labute approximate surface area is 127 Å². The van der Waals surface area contributed by atoms with E-state index in [2.05, 4.69) is 43.9 Å². The van der Waals surface area contributed by atoms with Gasteiger partial charge in [-0.3, -0.25) is 5.84 Å². The summed E-state index contributed by atoms with van der Waals surface area (Å²) in [4.78, 5) is 0. The van der Waals surface area contributed by atoms with Crippen LogP contribution in [0.2, 0.25) is 0 Å². The summed E-state index contributed by atoms with van der Waals surface area (Å²) in [5, 5.41) is 0. The molecule has 0 fully saturated rings. The highest BCUT2D eigenvalue weighted by Gasteiger charge is 2.18. The number of nitrogens with one attached hydrogen (secondary N) is 1. The minimum Gasteiger partial charge on any atom is -0.271 e. The lowest BCUT2D eigenvalue weighted by molar-refractivity contribution is 0.559. The molecule has 2 aromatic carbocycles. The second-order valence-electron chi connectivity index (χ2n) is 3.79. The molecule has 5 heteroatoms. The van der Waals surface area contributed by atoms with Gasteiger partial charge in [0.25, 0.3) is 0 Å². The minimum absolute atomic E-state index is 0.272. The largest absolute Gasteiger partial charge is 0.271 e. The Bertz CT molecular complexity index is 562. The SMILES string of the molecule is NNC(c1ccccc1F)c1cc(I)ccc1Br. The maximum Gasteiger partial charge on any atom is 0.128 e. The molecule has 0 saturated heterocycles. The summed E-state index contributed by atoms with van der Waals surface area (Å²) in [7, 11) is 0. The lowest BCUT2D eigenvalue weighted by Crippen LogP contribution is -2.29. The zero-order valence-electron chi connectivity index (χ0n) is 9.33. The summed E-state index contributed by atoms with van der Waals surface area (Å²) < 4.78 is 15.8. The van der Waals surface area contributed by atoms with Crippen molar-refractivity contribution in [1.82, 2.24) is 5.43 Å². The van der Waals surface area contributed by atoms with E-state index < -0.39 is 0 Å². The van der Waals surface area contributed by atoms with E-state index in [1.54, 1.807) is 18.2 Å². The first-order valence-corrected chi connectivity index (χ1v) is 7.16. The van der Waals surface area contributed by atoms with Crippen LogP contribution in [0.5, 0.6) is 0 Å². The van der Waals surface area contributed by atoms with Gasteiger partial charge in [0.05, 0.1) is 6.04 Å². The van der Waals surface area contributed by atoms with Gasteiger partial charge < -0.3 is 0 Å². The van der Waals surface area contributed by atoms with Gasteiger partial charge in [0.15, 0.2) is 0 Å². The molecular formula is C13H11BrFIN2. The van der Waals surface area contributed by atoms with E-state index in [-0.39, 0.29) is 11.9 Å². The van der Waals surface area contributed by atoms with Crippen molar-refractivity contribution in [2.24, 2.45) is 5.84 Å². The Morgan fingerprint density at radius 2 is 1.89 bits per heavy atom. The Balaban J connectivity index is 2.52. The Hall–Kier alpha value is -0.500. The maximum atomic E-state index is 13.8. The first kappa shape index (κ1) is 13.9. The van der Waals surface area contributed by atoms with Crippen LogP contribution in [0.3, 0.4) is 0 Å². The number of rotatable bonds is 3. The molecular weight excluding hydrogens is 410 g/mol. The molecule has 0 aliphatic rings. The second-order valence-corrected chi connectivity index (χ2v) is 5.89. The standard InChI is InChI=1S/C13H11BrFIN2/c14-11-6-5-8(16)7-10(11)13(18-17)9-3-1-2-4-12(9)15/h1-7,13,18H,17H2. The maximum absolute atomic E-state index is 13.8. The van der Waals surface area contributed by atoms with E-state index in [9.17, 15) is 4.39 Å². The van der Waals surface area contributed by atoms with Crippen molar-refractivity contribution in [3.63, 3.8) is 0 Å². The highest BCUT2D eigenvalue weighted by Crippen LogP contribution is 2.30. The van der Waals surface area contributed by atoms with Crippen LogP contribution in [-0.2, 0) is 0 Å². The molecule has 94 valence electrons. The van der Waals surface area contributed by atoms with Gasteiger partial charge in [-0.2, -0.15) is 0 Å². The second kappa shape index (κ2) is 6.10. The Kier molecular flexibility index (Phi) is 4.71. The van der Waals surface area contributed by atoms with Crippen molar-refractivity contribution in [1.29, 1.82) is 0 Å². The number of hydrazine groups is 1. The molecule has 0 heterocycles. The first-order chi connectivity index (χ1) is 8.63. The van der Waals surface area contributed by atoms with Crippen LogP contribution in [0.4, 0.5) is 4.39 Å². The molecule has 0 spiro atoms. The topological polar surface area (TPSA) is 38.0 Å². The fraction of sp³-hybridized carbons (Fsp3) is 0.0769. The summed E-state index contributed by atoms with van der Waals surface area (Å²) in [6, 6.07) is 12.1. The first-order valence-electron chi connectivity index (χ1n) is 5.29. The number of hydrogen-bond donors (Lipinski definition) is 2. The number of halogens is 3. The van der Waals surface area contributed by atoms with Crippen molar-refractivity contribution in [3.8, 4) is 0 Å². The predicted octanol–water partition coefficient (Wildman–Crippen LogP) is 3.75. The normalized spacial score (nSPS) is 12.4. The molecule has 3 N–H and O–H groups in total. The number of nitrogens with two attached hydrogens (primary N) is 1. The molecule has 0 radical (unpaired) electrons. The molecule has 0 bridgehead atoms. The van der Waals surface area contributed by atoms with Gasteiger partial charge in [-0.05, 0) is 52.4 Å². The highest BCUT2D eigenvalue weighted by molar-refractivity contribution is 14.1. The molecule has 0 aliphatic heterocycles. The lowest BCUT2D eigenvalue weighted by atomic mass is 9.99. The fourth-order valence-corrected chi connectivity index (χ4v) is 2.78. The molecule has 2 aromatic rings. The summed E-state index contributed by atoms with van der Waals surface area (Å²) in [6.45, 7) is 0. The molecule has 2 rings (SSSR count). The summed E-state index contributed by atoms with van der Waals surface area (Å²) in [5.41, 5.74) is 4.11. The summed E-state index contributed by atoms with van der Waals surface area (Å²) >= 11 is 5.69. The van der Waals surface area contributed by atoms with Crippen LogP contribution in [0.1, 0.15) is 17.2 Å². The van der Waals surface area contributed by atoms with Gasteiger partial charge in [0, 0.05) is 13.6 Å². The summed E-state index contributed by atoms with van der Waals surface area (Å²) in [6.07, 6.45) is 0. The smallest absolute Gasteiger partial charge is 0.128 e. The molecule has 0 aromatic heterocycles. The van der Waals surface area contributed by atoms with E-state index >= 15 is 0 Å². The van der Waals surface area contributed by atoms with Crippen LogP contribution >= 0.6 is 38.5 Å². The van der Waals surface area contributed by atoms with Crippen molar-refractivity contribution < 1.29 is 4.39 Å². The third kappa shape index (κ3) is 2.90. The van der Waals surface area contributed by atoms with Crippen LogP contribution < -0.4 is 11.3 Å². The lowest BCUT2D eigenvalue weighted by Gasteiger charge is -2.19. The molecule has 0 amide bonds. The summed E-state index contributed by atoms with van der Waals surface area (Å²) in [5.74, 6) is 5.31. The molecule has 1 atom stereocenters. The molecule has 2 nitrogen and oxygen atoms in total. The van der Waals surface area contributed by atoms with Crippen molar-refractivity contribution in [3.05, 3.63) is 67.5 Å². The monoisotopic (exact) mass is 420 g/mol. The fourth-order valence-electron chi connectivity index (χ4n) is 1.79. The third-order valence-electron chi connectivity index (χ3n) is 2.65. The van der Waals surface area contributed by atoms with Crippen molar-refractivity contribution >= 4 is 38.5 Å². The van der Waals surface area contributed by atoms with Gasteiger partial charge in [-0.1, -0.05) is 34.1 Å². The molecule has 18 heavy (non-hydrogen) atoms. The van der Waals surface area contributed by atoms with Crippen LogP contribution in [-0.4, -0.2) is 0 Å². The molecule has 0 aliphatic carbocycles. The zero-order valence-corrected chi connectivity index (χ0v) is 13.1. The van der Waals surface area contributed by atoms with Gasteiger partial charge in [-0.25, -0.2) is 9.82 Å². The third-order valence-corrected chi connectivity index (χ3v) is 4.05. The van der Waals surface area contributed by atoms with E-state index in [1.807, 2.05) is 18.2 Å². The average molecular weight is 421 g/mol. The molecule has 1 unspecified atom stereocenters.